The number of nitrogens with one attached hydrogen (secondary N) is 1. The Bertz CT molecular complexity index is 452. The van der Waals surface area contributed by atoms with Gasteiger partial charge >= 0.3 is 0 Å². The molecule has 2 rings (SSSR count). The van der Waals surface area contributed by atoms with Gasteiger partial charge in [-0.25, -0.2) is 0 Å². The van der Waals surface area contributed by atoms with Gasteiger partial charge in [0.1, 0.15) is 11.5 Å². The number of hydrogen-bond donors (Lipinski definition) is 1. The highest BCUT2D eigenvalue weighted by atomic mass is 32.2. The molecule has 1 aromatic rings. The highest BCUT2D eigenvalue weighted by Crippen LogP contribution is 2.32. The first-order valence-electron chi connectivity index (χ1n) is 7.68. The van der Waals surface area contributed by atoms with Gasteiger partial charge < -0.3 is 14.8 Å². The van der Waals surface area contributed by atoms with Crippen LogP contribution in [0, 0.1) is 0 Å². The van der Waals surface area contributed by atoms with Crippen LogP contribution in [0.4, 0.5) is 0 Å². The van der Waals surface area contributed by atoms with Gasteiger partial charge in [0.05, 0.1) is 14.2 Å². The minimum absolute atomic E-state index is 0.264. The summed E-state index contributed by atoms with van der Waals surface area (Å²) in [6, 6.07) is 6.87. The number of methoxy groups -OCH3 is 2. The molecule has 21 heavy (non-hydrogen) atoms. The van der Waals surface area contributed by atoms with Crippen molar-refractivity contribution in [3.8, 4) is 11.5 Å². The summed E-state index contributed by atoms with van der Waals surface area (Å²) >= 11 is 2.00. The second-order valence-electron chi connectivity index (χ2n) is 5.72. The van der Waals surface area contributed by atoms with Crippen LogP contribution < -0.4 is 14.8 Å². The minimum atomic E-state index is 0.264. The molecule has 1 aliphatic carbocycles. The molecule has 0 aromatic heterocycles. The molecular formula is C17H27NO2S. The summed E-state index contributed by atoms with van der Waals surface area (Å²) in [6.45, 7) is 2.21. The summed E-state index contributed by atoms with van der Waals surface area (Å²) in [5, 5.41) is 4.58. The monoisotopic (exact) mass is 309 g/mol. The Morgan fingerprint density at radius 2 is 2.05 bits per heavy atom. The van der Waals surface area contributed by atoms with Gasteiger partial charge in [0.15, 0.2) is 0 Å². The third-order valence-corrected chi connectivity index (χ3v) is 5.44. The highest BCUT2D eigenvalue weighted by molar-refractivity contribution is 7.99. The maximum Gasteiger partial charge on any atom is 0.123 e. The maximum atomic E-state index is 5.50. The van der Waals surface area contributed by atoms with Crippen LogP contribution in [-0.4, -0.2) is 31.8 Å². The molecule has 3 atom stereocenters. The van der Waals surface area contributed by atoms with Crippen LogP contribution in [0.1, 0.15) is 44.2 Å². The standard InChI is InChI=1S/C17H27NO2S/c1-12(18-13-6-5-7-15(10-13)21-4)16-11-14(19-2)8-9-17(16)20-3/h8-9,11-13,15,18H,5-7,10H2,1-4H3. The lowest BCUT2D eigenvalue weighted by atomic mass is 9.93. The highest BCUT2D eigenvalue weighted by Gasteiger charge is 2.23. The van der Waals surface area contributed by atoms with Crippen LogP contribution in [0.25, 0.3) is 0 Å². The lowest BCUT2D eigenvalue weighted by molar-refractivity contribution is 0.343. The van der Waals surface area contributed by atoms with Gasteiger partial charge in [-0.2, -0.15) is 11.8 Å². The predicted molar refractivity (Wildman–Crippen MR) is 90.7 cm³/mol. The van der Waals surface area contributed by atoms with Gasteiger partial charge in [-0.05, 0) is 50.6 Å². The molecule has 0 amide bonds. The quantitative estimate of drug-likeness (QED) is 0.859. The zero-order chi connectivity index (χ0) is 15.2. The lowest BCUT2D eigenvalue weighted by Crippen LogP contribution is -2.36. The van der Waals surface area contributed by atoms with Crippen LogP contribution in [0.5, 0.6) is 11.5 Å². The second kappa shape index (κ2) is 7.95. The van der Waals surface area contributed by atoms with Crippen LogP contribution in [0.2, 0.25) is 0 Å². The molecule has 0 aliphatic heterocycles. The molecule has 1 aliphatic rings. The third-order valence-electron chi connectivity index (χ3n) is 4.35. The van der Waals surface area contributed by atoms with Gasteiger partial charge in [-0.15, -0.1) is 0 Å². The molecule has 0 bridgehead atoms. The van der Waals surface area contributed by atoms with Crippen molar-refractivity contribution in [2.45, 2.75) is 49.9 Å². The zero-order valence-corrected chi connectivity index (χ0v) is 14.3. The molecule has 0 spiro atoms. The Morgan fingerprint density at radius 1 is 1.24 bits per heavy atom. The average molecular weight is 309 g/mol. The molecule has 0 heterocycles. The van der Waals surface area contributed by atoms with E-state index in [0.29, 0.717) is 6.04 Å². The van der Waals surface area contributed by atoms with Crippen molar-refractivity contribution >= 4 is 11.8 Å². The molecule has 0 saturated heterocycles. The molecule has 1 N–H and O–H groups in total. The van der Waals surface area contributed by atoms with E-state index in [9.17, 15) is 0 Å². The van der Waals surface area contributed by atoms with Gasteiger partial charge in [-0.3, -0.25) is 0 Å². The normalized spacial score (nSPS) is 23.6. The first kappa shape index (κ1) is 16.5. The minimum Gasteiger partial charge on any atom is -0.497 e. The van der Waals surface area contributed by atoms with E-state index in [2.05, 4.69) is 24.6 Å². The van der Waals surface area contributed by atoms with Crippen LogP contribution in [-0.2, 0) is 0 Å². The first-order chi connectivity index (χ1) is 10.2. The average Bonchev–Trinajstić information content (AvgIpc) is 2.54. The smallest absolute Gasteiger partial charge is 0.123 e. The van der Waals surface area contributed by atoms with Crippen LogP contribution in [0.3, 0.4) is 0 Å². The van der Waals surface area contributed by atoms with Crippen molar-refractivity contribution in [1.29, 1.82) is 0 Å². The molecule has 1 saturated carbocycles. The summed E-state index contributed by atoms with van der Waals surface area (Å²) in [5.74, 6) is 1.80. The number of benzene rings is 1. The van der Waals surface area contributed by atoms with Crippen molar-refractivity contribution in [2.75, 3.05) is 20.5 Å². The fourth-order valence-corrected chi connectivity index (χ4v) is 3.96. The van der Waals surface area contributed by atoms with Crippen LogP contribution in [0.15, 0.2) is 18.2 Å². The van der Waals surface area contributed by atoms with Gasteiger partial charge in [0.25, 0.3) is 0 Å². The third kappa shape index (κ3) is 4.30. The Hall–Kier alpha value is -0.870. The molecule has 0 radical (unpaired) electrons. The van der Waals surface area contributed by atoms with E-state index in [4.69, 9.17) is 9.47 Å². The number of hydrogen-bond acceptors (Lipinski definition) is 4. The van der Waals surface area contributed by atoms with E-state index in [1.54, 1.807) is 14.2 Å². The van der Waals surface area contributed by atoms with E-state index in [1.165, 1.54) is 31.2 Å². The largest absolute Gasteiger partial charge is 0.497 e. The van der Waals surface area contributed by atoms with Crippen molar-refractivity contribution in [1.82, 2.24) is 5.32 Å². The van der Waals surface area contributed by atoms with Crippen molar-refractivity contribution in [3.63, 3.8) is 0 Å². The van der Waals surface area contributed by atoms with E-state index in [1.807, 2.05) is 23.9 Å². The SMILES string of the molecule is COc1ccc(OC)c(C(C)NC2CCCC(SC)C2)c1. The zero-order valence-electron chi connectivity index (χ0n) is 13.5. The summed E-state index contributed by atoms with van der Waals surface area (Å²) in [4.78, 5) is 0. The number of rotatable bonds is 6. The van der Waals surface area contributed by atoms with Gasteiger partial charge in [0, 0.05) is 22.9 Å². The molecule has 1 aromatic carbocycles. The van der Waals surface area contributed by atoms with Gasteiger partial charge in [-0.1, -0.05) is 6.42 Å². The fourth-order valence-electron chi connectivity index (χ4n) is 3.13. The summed E-state index contributed by atoms with van der Waals surface area (Å²) in [5.41, 5.74) is 1.17. The molecule has 118 valence electrons. The van der Waals surface area contributed by atoms with Crippen LogP contribution >= 0.6 is 11.8 Å². The predicted octanol–water partition coefficient (Wildman–Crippen LogP) is 4.03. The van der Waals surface area contributed by atoms with Crippen molar-refractivity contribution in [3.05, 3.63) is 23.8 Å². The summed E-state index contributed by atoms with van der Waals surface area (Å²) < 4.78 is 10.8. The summed E-state index contributed by atoms with van der Waals surface area (Å²) in [6.07, 6.45) is 7.44. The Labute approximate surface area is 132 Å². The fraction of sp³-hybridized carbons (Fsp3) is 0.647. The Morgan fingerprint density at radius 3 is 2.71 bits per heavy atom. The molecule has 3 nitrogen and oxygen atoms in total. The first-order valence-corrected chi connectivity index (χ1v) is 8.97. The van der Waals surface area contributed by atoms with Crippen molar-refractivity contribution < 1.29 is 9.47 Å². The topological polar surface area (TPSA) is 30.5 Å². The Balaban J connectivity index is 2.06. The van der Waals surface area contributed by atoms with E-state index >= 15 is 0 Å². The van der Waals surface area contributed by atoms with Crippen molar-refractivity contribution in [2.24, 2.45) is 0 Å². The molecular weight excluding hydrogens is 282 g/mol. The molecule has 4 heteroatoms. The van der Waals surface area contributed by atoms with E-state index < -0.39 is 0 Å². The molecule has 1 fully saturated rings. The number of ether oxygens (including phenoxy) is 2. The van der Waals surface area contributed by atoms with Gasteiger partial charge in [0.2, 0.25) is 0 Å². The number of thioether (sulfide) groups is 1. The van der Waals surface area contributed by atoms with E-state index in [0.717, 1.165) is 16.7 Å². The summed E-state index contributed by atoms with van der Waals surface area (Å²) in [7, 11) is 3.43. The van der Waals surface area contributed by atoms with E-state index in [-0.39, 0.29) is 6.04 Å². The second-order valence-corrected chi connectivity index (χ2v) is 6.86. The Kier molecular flexibility index (Phi) is 6.24. The lowest BCUT2D eigenvalue weighted by Gasteiger charge is -2.31. The molecule has 3 unspecified atom stereocenters. The maximum absolute atomic E-state index is 5.50.